The molecule has 0 heterocycles. The summed E-state index contributed by atoms with van der Waals surface area (Å²) in [5, 5.41) is 8.67. The van der Waals surface area contributed by atoms with Crippen LogP contribution in [0.15, 0.2) is 0 Å². The van der Waals surface area contributed by atoms with Gasteiger partial charge in [-0.1, -0.05) is 97.3 Å². The first-order valence-electron chi connectivity index (χ1n) is 8.92. The fraction of sp³-hybridized carbons (Fsp3) is 1.00. The SMILES string of the molecule is CC[C@@H](C)CCCCCCCCCCCCCCO. The van der Waals surface area contributed by atoms with Gasteiger partial charge in [0.15, 0.2) is 0 Å². The smallest absolute Gasteiger partial charge is 0.0431 e. The van der Waals surface area contributed by atoms with Crippen LogP contribution in [0.5, 0.6) is 0 Å². The molecular formula is C18H38O. The Morgan fingerprint density at radius 1 is 0.632 bits per heavy atom. The van der Waals surface area contributed by atoms with Crippen LogP contribution in [0.3, 0.4) is 0 Å². The van der Waals surface area contributed by atoms with E-state index in [4.69, 9.17) is 5.11 Å². The summed E-state index contributed by atoms with van der Waals surface area (Å²) >= 11 is 0. The first kappa shape index (κ1) is 19.0. The second-order valence-electron chi connectivity index (χ2n) is 6.27. The summed E-state index contributed by atoms with van der Waals surface area (Å²) in [6, 6.07) is 0. The Labute approximate surface area is 122 Å². The molecule has 0 fully saturated rings. The summed E-state index contributed by atoms with van der Waals surface area (Å²) in [6.45, 7) is 5.05. The van der Waals surface area contributed by atoms with Crippen molar-refractivity contribution in [1.82, 2.24) is 0 Å². The molecule has 0 saturated heterocycles. The van der Waals surface area contributed by atoms with Gasteiger partial charge in [0, 0.05) is 6.61 Å². The minimum absolute atomic E-state index is 0.372. The standard InChI is InChI=1S/C18H38O/c1-3-18(2)16-14-12-10-8-6-4-5-7-9-11-13-15-17-19/h18-19H,3-17H2,1-2H3/t18-/m1/s1. The number of aliphatic hydroxyl groups is 1. The van der Waals surface area contributed by atoms with Crippen molar-refractivity contribution >= 4 is 0 Å². The maximum Gasteiger partial charge on any atom is 0.0431 e. The molecule has 0 spiro atoms. The fourth-order valence-corrected chi connectivity index (χ4v) is 2.58. The van der Waals surface area contributed by atoms with Gasteiger partial charge in [-0.2, -0.15) is 0 Å². The third-order valence-electron chi connectivity index (χ3n) is 4.30. The van der Waals surface area contributed by atoms with Gasteiger partial charge < -0.3 is 5.11 Å². The van der Waals surface area contributed by atoms with Crippen molar-refractivity contribution in [1.29, 1.82) is 0 Å². The molecule has 0 aliphatic heterocycles. The van der Waals surface area contributed by atoms with E-state index in [0.29, 0.717) is 6.61 Å². The van der Waals surface area contributed by atoms with E-state index in [1.165, 1.54) is 83.5 Å². The molecule has 1 atom stereocenters. The summed E-state index contributed by atoms with van der Waals surface area (Å²) in [7, 11) is 0. The van der Waals surface area contributed by atoms with Crippen LogP contribution in [-0.2, 0) is 0 Å². The van der Waals surface area contributed by atoms with E-state index < -0.39 is 0 Å². The summed E-state index contributed by atoms with van der Waals surface area (Å²) in [5.41, 5.74) is 0. The van der Waals surface area contributed by atoms with Crippen molar-refractivity contribution < 1.29 is 5.11 Å². The zero-order valence-corrected chi connectivity index (χ0v) is 13.6. The molecule has 1 heteroatoms. The van der Waals surface area contributed by atoms with E-state index in [1.54, 1.807) is 0 Å². The highest BCUT2D eigenvalue weighted by Gasteiger charge is 1.98. The number of hydrogen-bond acceptors (Lipinski definition) is 1. The minimum atomic E-state index is 0.372. The zero-order valence-electron chi connectivity index (χ0n) is 13.6. The van der Waals surface area contributed by atoms with E-state index in [-0.39, 0.29) is 0 Å². The van der Waals surface area contributed by atoms with Crippen LogP contribution < -0.4 is 0 Å². The Bertz CT molecular complexity index is 156. The Morgan fingerprint density at radius 2 is 1.00 bits per heavy atom. The van der Waals surface area contributed by atoms with Gasteiger partial charge in [0.2, 0.25) is 0 Å². The molecule has 0 unspecified atom stereocenters. The van der Waals surface area contributed by atoms with E-state index in [2.05, 4.69) is 13.8 Å². The zero-order chi connectivity index (χ0) is 14.2. The predicted octanol–water partition coefficient (Wildman–Crippen LogP) is 6.10. The highest BCUT2D eigenvalue weighted by atomic mass is 16.2. The summed E-state index contributed by atoms with van der Waals surface area (Å²) in [6.07, 6.45) is 19.2. The third-order valence-corrected chi connectivity index (χ3v) is 4.30. The number of rotatable bonds is 15. The molecule has 0 amide bonds. The van der Waals surface area contributed by atoms with Crippen molar-refractivity contribution in [3.63, 3.8) is 0 Å². The van der Waals surface area contributed by atoms with Gasteiger partial charge in [-0.05, 0) is 12.3 Å². The van der Waals surface area contributed by atoms with Crippen LogP contribution in [0.1, 0.15) is 104 Å². The van der Waals surface area contributed by atoms with Gasteiger partial charge in [-0.15, -0.1) is 0 Å². The second kappa shape index (κ2) is 16.0. The topological polar surface area (TPSA) is 20.2 Å². The number of hydrogen-bond donors (Lipinski definition) is 1. The monoisotopic (exact) mass is 270 g/mol. The van der Waals surface area contributed by atoms with Crippen LogP contribution >= 0.6 is 0 Å². The van der Waals surface area contributed by atoms with E-state index in [9.17, 15) is 0 Å². The molecule has 0 aromatic rings. The van der Waals surface area contributed by atoms with Crippen molar-refractivity contribution in [2.45, 2.75) is 104 Å². The van der Waals surface area contributed by atoms with Crippen molar-refractivity contribution in [2.75, 3.05) is 6.61 Å². The van der Waals surface area contributed by atoms with Crippen LogP contribution in [0.25, 0.3) is 0 Å². The minimum Gasteiger partial charge on any atom is -0.396 e. The summed E-state index contributed by atoms with van der Waals surface area (Å²) < 4.78 is 0. The average Bonchev–Trinajstić information content (AvgIpc) is 2.43. The Hall–Kier alpha value is -0.0400. The Kier molecular flexibility index (Phi) is 16.0. The maximum atomic E-state index is 8.67. The van der Waals surface area contributed by atoms with Gasteiger partial charge in [0.25, 0.3) is 0 Å². The van der Waals surface area contributed by atoms with Crippen LogP contribution in [0, 0.1) is 5.92 Å². The molecule has 0 radical (unpaired) electrons. The molecular weight excluding hydrogens is 232 g/mol. The molecule has 0 rings (SSSR count). The number of unbranched alkanes of at least 4 members (excludes halogenated alkanes) is 11. The van der Waals surface area contributed by atoms with Crippen LogP contribution in [-0.4, -0.2) is 11.7 Å². The Morgan fingerprint density at radius 3 is 1.37 bits per heavy atom. The lowest BCUT2D eigenvalue weighted by molar-refractivity contribution is 0.282. The van der Waals surface area contributed by atoms with Gasteiger partial charge >= 0.3 is 0 Å². The van der Waals surface area contributed by atoms with Gasteiger partial charge in [-0.25, -0.2) is 0 Å². The maximum absolute atomic E-state index is 8.67. The van der Waals surface area contributed by atoms with Crippen molar-refractivity contribution in [2.24, 2.45) is 5.92 Å². The second-order valence-corrected chi connectivity index (χ2v) is 6.27. The Balaban J connectivity index is 2.95. The lowest BCUT2D eigenvalue weighted by atomic mass is 9.99. The predicted molar refractivity (Wildman–Crippen MR) is 86.6 cm³/mol. The van der Waals surface area contributed by atoms with Crippen molar-refractivity contribution in [3.05, 3.63) is 0 Å². The molecule has 0 aromatic carbocycles. The van der Waals surface area contributed by atoms with Crippen LogP contribution in [0.4, 0.5) is 0 Å². The summed E-state index contributed by atoms with van der Waals surface area (Å²) in [4.78, 5) is 0. The first-order valence-corrected chi connectivity index (χ1v) is 8.92. The molecule has 116 valence electrons. The first-order chi connectivity index (χ1) is 9.31. The fourth-order valence-electron chi connectivity index (χ4n) is 2.58. The molecule has 0 bridgehead atoms. The molecule has 0 aromatic heterocycles. The molecule has 1 N–H and O–H groups in total. The largest absolute Gasteiger partial charge is 0.396 e. The van der Waals surface area contributed by atoms with E-state index in [1.807, 2.05) is 0 Å². The van der Waals surface area contributed by atoms with E-state index >= 15 is 0 Å². The molecule has 0 aliphatic carbocycles. The lowest BCUT2D eigenvalue weighted by Crippen LogP contribution is -1.91. The highest BCUT2D eigenvalue weighted by molar-refractivity contribution is 4.52. The van der Waals surface area contributed by atoms with E-state index in [0.717, 1.165) is 12.3 Å². The van der Waals surface area contributed by atoms with Gasteiger partial charge in [0.05, 0.1) is 0 Å². The molecule has 1 nitrogen and oxygen atoms in total. The van der Waals surface area contributed by atoms with Gasteiger partial charge in [0.1, 0.15) is 0 Å². The lowest BCUT2D eigenvalue weighted by Gasteiger charge is -2.07. The normalized spacial score (nSPS) is 12.8. The summed E-state index contributed by atoms with van der Waals surface area (Å²) in [5.74, 6) is 0.936. The highest BCUT2D eigenvalue weighted by Crippen LogP contribution is 2.15. The van der Waals surface area contributed by atoms with Gasteiger partial charge in [-0.3, -0.25) is 0 Å². The molecule has 0 aliphatic rings. The molecule has 0 saturated carbocycles. The number of aliphatic hydroxyl groups excluding tert-OH is 1. The quantitative estimate of drug-likeness (QED) is 0.357. The van der Waals surface area contributed by atoms with Crippen molar-refractivity contribution in [3.8, 4) is 0 Å². The van der Waals surface area contributed by atoms with Crippen LogP contribution in [0.2, 0.25) is 0 Å². The third kappa shape index (κ3) is 15.9. The average molecular weight is 271 g/mol. The molecule has 19 heavy (non-hydrogen) atoms.